The Labute approximate surface area is 203 Å². The lowest BCUT2D eigenvalue weighted by Crippen LogP contribution is -2.30. The Bertz CT molecular complexity index is 319. The summed E-state index contributed by atoms with van der Waals surface area (Å²) >= 11 is 0. The van der Waals surface area contributed by atoms with E-state index in [0.717, 1.165) is 77.0 Å². The Morgan fingerprint density at radius 2 is 0.500 bits per heavy atom. The second-order valence-electron chi connectivity index (χ2n) is 10.9. The fourth-order valence-corrected chi connectivity index (χ4v) is 5.18. The molecule has 32 heavy (non-hydrogen) atoms. The normalized spacial score (nSPS) is 12.6. The number of rotatable bonds is 25. The monoisotopic (exact) mass is 454 g/mol. The standard InChI is InChI=1S/C30H62O2/c1-5-9-13-17-23-29(31,24-18-14-10-6-2)27-21-22-28-30(32,25-19-15-11-7-3)26-20-16-12-8-4/h31-32H,5-28H2,1-4H3. The first-order valence-corrected chi connectivity index (χ1v) is 14.9. The van der Waals surface area contributed by atoms with Gasteiger partial charge in [-0.25, -0.2) is 0 Å². The summed E-state index contributed by atoms with van der Waals surface area (Å²) in [5, 5.41) is 22.8. The minimum atomic E-state index is -0.470. The van der Waals surface area contributed by atoms with E-state index in [1.54, 1.807) is 0 Å². The van der Waals surface area contributed by atoms with Crippen LogP contribution in [0, 0.1) is 0 Å². The van der Waals surface area contributed by atoms with E-state index in [2.05, 4.69) is 27.7 Å². The second kappa shape index (κ2) is 21.5. The van der Waals surface area contributed by atoms with E-state index in [9.17, 15) is 10.2 Å². The third-order valence-corrected chi connectivity index (χ3v) is 7.52. The van der Waals surface area contributed by atoms with Gasteiger partial charge in [-0.1, -0.05) is 143 Å². The lowest BCUT2D eigenvalue weighted by atomic mass is 9.82. The van der Waals surface area contributed by atoms with Crippen molar-refractivity contribution in [2.75, 3.05) is 0 Å². The maximum absolute atomic E-state index is 11.4. The molecule has 0 aromatic carbocycles. The van der Waals surface area contributed by atoms with Gasteiger partial charge in [0, 0.05) is 0 Å². The maximum Gasteiger partial charge on any atom is 0.0647 e. The topological polar surface area (TPSA) is 40.5 Å². The van der Waals surface area contributed by atoms with Crippen molar-refractivity contribution in [1.82, 2.24) is 0 Å². The molecule has 0 aliphatic rings. The van der Waals surface area contributed by atoms with Crippen LogP contribution in [-0.4, -0.2) is 21.4 Å². The first-order chi connectivity index (χ1) is 15.4. The van der Waals surface area contributed by atoms with Gasteiger partial charge in [0.1, 0.15) is 0 Å². The molecule has 0 aliphatic heterocycles. The molecule has 0 rings (SSSR count). The molecule has 0 radical (unpaired) electrons. The van der Waals surface area contributed by atoms with Gasteiger partial charge in [-0.2, -0.15) is 0 Å². The summed E-state index contributed by atoms with van der Waals surface area (Å²) in [7, 11) is 0. The summed E-state index contributed by atoms with van der Waals surface area (Å²) in [5.41, 5.74) is -0.941. The van der Waals surface area contributed by atoms with Crippen molar-refractivity contribution in [3.05, 3.63) is 0 Å². The summed E-state index contributed by atoms with van der Waals surface area (Å²) in [5.74, 6) is 0. The molecule has 0 aromatic rings. The maximum atomic E-state index is 11.4. The van der Waals surface area contributed by atoms with E-state index in [1.165, 1.54) is 77.0 Å². The van der Waals surface area contributed by atoms with Crippen LogP contribution in [0.5, 0.6) is 0 Å². The molecule has 0 fully saturated rings. The van der Waals surface area contributed by atoms with Crippen molar-refractivity contribution in [2.24, 2.45) is 0 Å². The molecule has 0 unspecified atom stereocenters. The SMILES string of the molecule is CCCCCCC(O)(CCCCCC)CCCCC(O)(CCCCCC)CCCCCC. The third kappa shape index (κ3) is 18.4. The van der Waals surface area contributed by atoms with Crippen LogP contribution in [-0.2, 0) is 0 Å². The average Bonchev–Trinajstić information content (AvgIpc) is 2.78. The molecule has 0 amide bonds. The van der Waals surface area contributed by atoms with E-state index in [-0.39, 0.29) is 0 Å². The van der Waals surface area contributed by atoms with Crippen LogP contribution in [0.1, 0.15) is 182 Å². The van der Waals surface area contributed by atoms with E-state index >= 15 is 0 Å². The zero-order chi connectivity index (χ0) is 24.0. The number of unbranched alkanes of at least 4 members (excludes halogenated alkanes) is 13. The van der Waals surface area contributed by atoms with Crippen molar-refractivity contribution in [3.63, 3.8) is 0 Å². The lowest BCUT2D eigenvalue weighted by molar-refractivity contribution is -0.00614. The summed E-state index contributed by atoms with van der Waals surface area (Å²) < 4.78 is 0. The summed E-state index contributed by atoms with van der Waals surface area (Å²) in [6, 6.07) is 0. The molecule has 0 spiro atoms. The Balaban J connectivity index is 4.58. The fourth-order valence-electron chi connectivity index (χ4n) is 5.18. The first kappa shape index (κ1) is 31.9. The van der Waals surface area contributed by atoms with Gasteiger partial charge in [-0.15, -0.1) is 0 Å². The fraction of sp³-hybridized carbons (Fsp3) is 1.00. The molecular formula is C30H62O2. The van der Waals surface area contributed by atoms with Crippen molar-refractivity contribution in [1.29, 1.82) is 0 Å². The van der Waals surface area contributed by atoms with Gasteiger partial charge in [-0.3, -0.25) is 0 Å². The predicted octanol–water partition coefficient (Wildman–Crippen LogP) is 9.89. The smallest absolute Gasteiger partial charge is 0.0647 e. The van der Waals surface area contributed by atoms with Gasteiger partial charge >= 0.3 is 0 Å². The van der Waals surface area contributed by atoms with Gasteiger partial charge in [-0.05, 0) is 38.5 Å². The van der Waals surface area contributed by atoms with Crippen molar-refractivity contribution < 1.29 is 10.2 Å². The summed E-state index contributed by atoms with van der Waals surface area (Å²) in [4.78, 5) is 0. The molecular weight excluding hydrogens is 392 g/mol. The Kier molecular flexibility index (Phi) is 21.4. The molecule has 0 atom stereocenters. The highest BCUT2D eigenvalue weighted by Gasteiger charge is 2.28. The highest BCUT2D eigenvalue weighted by molar-refractivity contribution is 4.82. The Morgan fingerprint density at radius 3 is 0.688 bits per heavy atom. The summed E-state index contributed by atoms with van der Waals surface area (Å²) in [6.07, 6.45) is 27.7. The molecule has 2 N–H and O–H groups in total. The molecule has 0 saturated heterocycles. The quantitative estimate of drug-likeness (QED) is 0.135. The van der Waals surface area contributed by atoms with Crippen LogP contribution in [0.4, 0.5) is 0 Å². The largest absolute Gasteiger partial charge is 0.390 e. The highest BCUT2D eigenvalue weighted by Crippen LogP contribution is 2.32. The number of hydrogen-bond acceptors (Lipinski definition) is 2. The van der Waals surface area contributed by atoms with E-state index < -0.39 is 11.2 Å². The first-order valence-electron chi connectivity index (χ1n) is 14.9. The van der Waals surface area contributed by atoms with E-state index in [4.69, 9.17) is 0 Å². The average molecular weight is 455 g/mol. The van der Waals surface area contributed by atoms with Crippen LogP contribution in [0.25, 0.3) is 0 Å². The predicted molar refractivity (Wildman–Crippen MR) is 143 cm³/mol. The molecule has 0 bridgehead atoms. The molecule has 0 aromatic heterocycles. The van der Waals surface area contributed by atoms with Gasteiger partial charge < -0.3 is 10.2 Å². The molecule has 0 heterocycles. The molecule has 0 saturated carbocycles. The zero-order valence-electron chi connectivity index (χ0n) is 22.9. The molecule has 0 aliphatic carbocycles. The second-order valence-corrected chi connectivity index (χ2v) is 10.9. The lowest BCUT2D eigenvalue weighted by Gasteiger charge is -2.31. The van der Waals surface area contributed by atoms with Crippen LogP contribution >= 0.6 is 0 Å². The Hall–Kier alpha value is -0.0800. The summed E-state index contributed by atoms with van der Waals surface area (Å²) in [6.45, 7) is 9.01. The third-order valence-electron chi connectivity index (χ3n) is 7.52. The van der Waals surface area contributed by atoms with Crippen molar-refractivity contribution in [2.45, 2.75) is 193 Å². The van der Waals surface area contributed by atoms with Crippen molar-refractivity contribution in [3.8, 4) is 0 Å². The number of aliphatic hydroxyl groups is 2. The molecule has 2 nitrogen and oxygen atoms in total. The van der Waals surface area contributed by atoms with E-state index in [0.29, 0.717) is 0 Å². The van der Waals surface area contributed by atoms with Crippen LogP contribution in [0.15, 0.2) is 0 Å². The van der Waals surface area contributed by atoms with Crippen LogP contribution < -0.4 is 0 Å². The van der Waals surface area contributed by atoms with Gasteiger partial charge in [0.25, 0.3) is 0 Å². The van der Waals surface area contributed by atoms with Gasteiger partial charge in [0.15, 0.2) is 0 Å². The van der Waals surface area contributed by atoms with Gasteiger partial charge in [0.05, 0.1) is 11.2 Å². The highest BCUT2D eigenvalue weighted by atomic mass is 16.3. The minimum absolute atomic E-state index is 0.470. The van der Waals surface area contributed by atoms with Crippen LogP contribution in [0.3, 0.4) is 0 Å². The van der Waals surface area contributed by atoms with Gasteiger partial charge in [0.2, 0.25) is 0 Å². The molecule has 2 heteroatoms. The van der Waals surface area contributed by atoms with Crippen LogP contribution in [0.2, 0.25) is 0 Å². The molecule has 194 valence electrons. The van der Waals surface area contributed by atoms with Crippen molar-refractivity contribution >= 4 is 0 Å². The number of hydrogen-bond donors (Lipinski definition) is 2. The Morgan fingerprint density at radius 1 is 0.312 bits per heavy atom. The zero-order valence-corrected chi connectivity index (χ0v) is 22.9. The minimum Gasteiger partial charge on any atom is -0.390 e. The van der Waals surface area contributed by atoms with E-state index in [1.807, 2.05) is 0 Å².